The first kappa shape index (κ1) is 40.0. The van der Waals surface area contributed by atoms with Gasteiger partial charge in [0, 0.05) is 90.9 Å². The molecule has 3 N–H and O–H groups in total. The molecule has 1 saturated carbocycles. The number of benzene rings is 2. The lowest BCUT2D eigenvalue weighted by Gasteiger charge is -2.63. The van der Waals surface area contributed by atoms with Crippen LogP contribution in [-0.4, -0.2) is 133 Å². The van der Waals surface area contributed by atoms with Gasteiger partial charge in [-0.2, -0.15) is 0 Å². The molecule has 3 fully saturated rings. The zero-order chi connectivity index (χ0) is 41.9. The predicted molar refractivity (Wildman–Crippen MR) is 220 cm³/mol. The van der Waals surface area contributed by atoms with Gasteiger partial charge in [-0.15, -0.1) is 0 Å². The standard InChI is InChI=1S/C46H58N4O9/c1-8-42(54)23-28-24-45(40(52)57-6,36-30(15-19-49(25-28)26-42)29-13-10-11-14-33(29)47-36)32-21-31-34(22-35(32)56-5)48(4)38-44(31)17-20-50-18-12-16-43(9-2,37(44)50)39(59-27(3)51)46(38,55)41(53)58-7/h10-14,16,21-22,28,37-39,47,54-55H,8-9,15,17-20,23-26H2,1-7H3/t28-,37-,38+,39+,42-,43+,44-,45-,46-/m1/s1. The van der Waals surface area contributed by atoms with Crippen molar-refractivity contribution < 1.29 is 43.5 Å². The Morgan fingerprint density at radius 1 is 0.949 bits per heavy atom. The molecule has 5 aliphatic heterocycles. The van der Waals surface area contributed by atoms with Crippen molar-refractivity contribution in [3.63, 3.8) is 0 Å². The number of rotatable bonds is 7. The van der Waals surface area contributed by atoms with E-state index >= 15 is 4.79 Å². The number of aliphatic hydroxyl groups is 2. The Morgan fingerprint density at radius 2 is 1.71 bits per heavy atom. The van der Waals surface area contributed by atoms with Crippen molar-refractivity contribution >= 4 is 34.5 Å². The lowest BCUT2D eigenvalue weighted by molar-refractivity contribution is -0.228. The summed E-state index contributed by atoms with van der Waals surface area (Å²) >= 11 is 0. The fourth-order valence-corrected chi connectivity index (χ4v) is 13.5. The number of nitrogens with zero attached hydrogens (tertiary/aromatic N) is 3. The topological polar surface area (TPSA) is 154 Å². The van der Waals surface area contributed by atoms with E-state index < -0.39 is 57.5 Å². The van der Waals surface area contributed by atoms with Gasteiger partial charge in [-0.25, -0.2) is 4.79 Å². The number of aromatic amines is 1. The molecule has 2 saturated heterocycles. The zero-order valence-corrected chi connectivity index (χ0v) is 35.3. The summed E-state index contributed by atoms with van der Waals surface area (Å²) in [7, 11) is 6.15. The number of carbonyl (C=O) groups is 3. The maximum Gasteiger partial charge on any atom is 0.344 e. The number of hydrogen-bond donors (Lipinski definition) is 3. The summed E-state index contributed by atoms with van der Waals surface area (Å²) in [5, 5.41) is 26.3. The van der Waals surface area contributed by atoms with E-state index in [0.717, 1.165) is 33.4 Å². The second-order valence-electron chi connectivity index (χ2n) is 18.2. The van der Waals surface area contributed by atoms with Crippen LogP contribution in [0.3, 0.4) is 0 Å². The van der Waals surface area contributed by atoms with Crippen molar-refractivity contribution in [1.82, 2.24) is 14.8 Å². The Morgan fingerprint density at radius 3 is 2.41 bits per heavy atom. The third kappa shape index (κ3) is 5.20. The first-order chi connectivity index (χ1) is 28.2. The number of piperidine rings is 1. The molecule has 13 heteroatoms. The molecule has 6 aliphatic rings. The molecule has 1 aliphatic carbocycles. The minimum Gasteiger partial charge on any atom is -0.496 e. The molecule has 316 valence electrons. The monoisotopic (exact) mass is 810 g/mol. The summed E-state index contributed by atoms with van der Waals surface area (Å²) in [5.74, 6) is -1.56. The lowest BCUT2D eigenvalue weighted by atomic mass is 9.47. The number of H-pyrrole nitrogens is 1. The number of hydrogen-bond acceptors (Lipinski definition) is 12. The molecule has 0 radical (unpaired) electrons. The highest BCUT2D eigenvalue weighted by atomic mass is 16.6. The van der Waals surface area contributed by atoms with Crippen LogP contribution in [0.5, 0.6) is 5.75 Å². The van der Waals surface area contributed by atoms with Gasteiger partial charge in [0.05, 0.1) is 33.0 Å². The van der Waals surface area contributed by atoms with E-state index in [0.29, 0.717) is 82.6 Å². The normalized spacial score (nSPS) is 37.0. The molecular formula is C46H58N4O9. The molecule has 6 heterocycles. The lowest BCUT2D eigenvalue weighted by Crippen LogP contribution is -2.81. The quantitative estimate of drug-likeness (QED) is 0.180. The first-order valence-electron chi connectivity index (χ1n) is 21.2. The Balaban J connectivity index is 1.36. The van der Waals surface area contributed by atoms with E-state index in [9.17, 15) is 19.8 Å². The van der Waals surface area contributed by atoms with Crippen LogP contribution in [0.1, 0.15) is 75.3 Å². The fraction of sp³-hybridized carbons (Fsp3) is 0.587. The highest BCUT2D eigenvalue weighted by molar-refractivity contribution is 5.95. The minimum atomic E-state index is -2.30. The molecule has 59 heavy (non-hydrogen) atoms. The van der Waals surface area contributed by atoms with Gasteiger partial charge in [-0.05, 0) is 74.2 Å². The summed E-state index contributed by atoms with van der Waals surface area (Å²) in [5.41, 5.74) is -1.62. The van der Waals surface area contributed by atoms with E-state index in [-0.39, 0.29) is 12.0 Å². The summed E-state index contributed by atoms with van der Waals surface area (Å²) < 4.78 is 23.9. The molecule has 13 nitrogen and oxygen atoms in total. The van der Waals surface area contributed by atoms with Crippen LogP contribution in [0.4, 0.5) is 5.69 Å². The summed E-state index contributed by atoms with van der Waals surface area (Å²) in [6, 6.07) is 11.0. The number of nitrogens with one attached hydrogen (secondary N) is 1. The van der Waals surface area contributed by atoms with Crippen LogP contribution in [0, 0.1) is 11.3 Å². The molecule has 2 bridgehead atoms. The SMILES string of the molecule is CC[C@@]1(O)C[C@H]2CN(CCc3c([nH]c4ccccc34)[C@](C(=O)OC)(c3cc4c(cc3OC)N(C)[C@@H]3[C@](O)(C(=O)OC)[C@@H](OC(C)=O)[C@@]5(CC)C=CCN6CC[C@]43[C@H]65)C2)C1. The minimum absolute atomic E-state index is 0.0986. The molecule has 1 aromatic heterocycles. The molecule has 10 atom stereocenters. The van der Waals surface area contributed by atoms with E-state index in [1.54, 1.807) is 7.11 Å². The number of methoxy groups -OCH3 is 3. The third-order valence-corrected chi connectivity index (χ3v) is 15.6. The smallest absolute Gasteiger partial charge is 0.344 e. The highest BCUT2D eigenvalue weighted by Gasteiger charge is 2.80. The summed E-state index contributed by atoms with van der Waals surface area (Å²) in [6.45, 7) is 8.62. The van der Waals surface area contributed by atoms with E-state index in [1.807, 2.05) is 50.1 Å². The second-order valence-corrected chi connectivity index (χ2v) is 18.2. The first-order valence-corrected chi connectivity index (χ1v) is 21.2. The summed E-state index contributed by atoms with van der Waals surface area (Å²) in [6.07, 6.45) is 5.94. The molecular weight excluding hydrogens is 753 g/mol. The fourth-order valence-electron chi connectivity index (χ4n) is 13.5. The van der Waals surface area contributed by atoms with E-state index in [1.165, 1.54) is 21.1 Å². The molecule has 3 aromatic rings. The highest BCUT2D eigenvalue weighted by Crippen LogP contribution is 2.68. The predicted octanol–water partition coefficient (Wildman–Crippen LogP) is 3.99. The Labute approximate surface area is 345 Å². The average molecular weight is 811 g/mol. The second kappa shape index (κ2) is 13.8. The summed E-state index contributed by atoms with van der Waals surface area (Å²) in [4.78, 5) is 53.2. The number of esters is 3. The van der Waals surface area contributed by atoms with E-state index in [4.69, 9.17) is 18.9 Å². The Kier molecular flexibility index (Phi) is 9.36. The van der Waals surface area contributed by atoms with Crippen molar-refractivity contribution in [3.8, 4) is 5.75 Å². The maximum atomic E-state index is 15.3. The molecule has 1 spiro atoms. The Bertz CT molecular complexity index is 2260. The number of carbonyl (C=O) groups excluding carboxylic acids is 3. The van der Waals surface area contributed by atoms with Gasteiger partial charge < -0.3 is 39.0 Å². The third-order valence-electron chi connectivity index (χ3n) is 15.6. The van der Waals surface area contributed by atoms with Gasteiger partial charge in [0.25, 0.3) is 0 Å². The van der Waals surface area contributed by atoms with Crippen LogP contribution in [-0.2, 0) is 45.8 Å². The van der Waals surface area contributed by atoms with Crippen LogP contribution in [0.15, 0.2) is 48.6 Å². The van der Waals surface area contributed by atoms with Crippen molar-refractivity contribution in [2.75, 3.05) is 66.0 Å². The van der Waals surface area contributed by atoms with Crippen molar-refractivity contribution in [3.05, 3.63) is 70.9 Å². The number of aromatic nitrogens is 1. The van der Waals surface area contributed by atoms with Crippen LogP contribution >= 0.6 is 0 Å². The van der Waals surface area contributed by atoms with Gasteiger partial charge >= 0.3 is 17.9 Å². The number of likely N-dealkylation sites (N-methyl/N-ethyl adjacent to an activating group) is 1. The molecule has 0 amide bonds. The van der Waals surface area contributed by atoms with Gasteiger partial charge in [-0.1, -0.05) is 44.2 Å². The van der Waals surface area contributed by atoms with Gasteiger partial charge in [0.1, 0.15) is 11.2 Å². The van der Waals surface area contributed by atoms with E-state index in [2.05, 4.69) is 39.1 Å². The number of ether oxygens (including phenoxy) is 4. The van der Waals surface area contributed by atoms with Crippen molar-refractivity contribution in [2.45, 2.75) is 99.5 Å². The number of fused-ring (bicyclic) bond motifs is 6. The van der Waals surface area contributed by atoms with Gasteiger partial charge in [0.2, 0.25) is 5.60 Å². The van der Waals surface area contributed by atoms with Crippen LogP contribution in [0.25, 0.3) is 10.9 Å². The van der Waals surface area contributed by atoms with Crippen molar-refractivity contribution in [2.24, 2.45) is 11.3 Å². The van der Waals surface area contributed by atoms with Crippen LogP contribution in [0.2, 0.25) is 0 Å². The van der Waals surface area contributed by atoms with Gasteiger partial charge in [-0.3, -0.25) is 19.4 Å². The van der Waals surface area contributed by atoms with Crippen LogP contribution < -0.4 is 9.64 Å². The number of para-hydroxylation sites is 1. The largest absolute Gasteiger partial charge is 0.496 e. The number of anilines is 1. The molecule has 1 unspecified atom stereocenters. The average Bonchev–Trinajstić information content (AvgIpc) is 3.90. The molecule has 9 rings (SSSR count). The zero-order valence-electron chi connectivity index (χ0n) is 35.3. The molecule has 2 aromatic carbocycles. The maximum absolute atomic E-state index is 15.3. The van der Waals surface area contributed by atoms with Gasteiger partial charge in [0.15, 0.2) is 6.10 Å². The van der Waals surface area contributed by atoms with Crippen molar-refractivity contribution in [1.29, 1.82) is 0 Å². The Hall–Kier alpha value is -4.43.